The lowest BCUT2D eigenvalue weighted by molar-refractivity contribution is 0.473. The Morgan fingerprint density at radius 2 is 2.36 bits per heavy atom. The van der Waals surface area contributed by atoms with Crippen molar-refractivity contribution in [2.45, 2.75) is 6.42 Å². The van der Waals surface area contributed by atoms with Gasteiger partial charge in [-0.15, -0.1) is 0 Å². The van der Waals surface area contributed by atoms with E-state index in [0.717, 1.165) is 13.0 Å². The summed E-state index contributed by atoms with van der Waals surface area (Å²) in [6.07, 6.45) is 0.761. The summed E-state index contributed by atoms with van der Waals surface area (Å²) >= 11 is 5.61. The van der Waals surface area contributed by atoms with E-state index in [9.17, 15) is 0 Å². The SMILES string of the molecule is CNCCC#Cc1ccc(O)c(Cl)n1. The van der Waals surface area contributed by atoms with Gasteiger partial charge in [0, 0.05) is 13.0 Å². The van der Waals surface area contributed by atoms with Gasteiger partial charge in [-0.25, -0.2) is 4.98 Å². The van der Waals surface area contributed by atoms with Crippen LogP contribution in [0.2, 0.25) is 5.15 Å². The second-order valence-electron chi connectivity index (χ2n) is 2.66. The minimum Gasteiger partial charge on any atom is -0.505 e. The molecule has 0 unspecified atom stereocenters. The van der Waals surface area contributed by atoms with E-state index in [2.05, 4.69) is 22.1 Å². The molecule has 0 amide bonds. The fourth-order valence-electron chi connectivity index (χ4n) is 0.837. The fourth-order valence-corrected chi connectivity index (χ4v) is 0.991. The van der Waals surface area contributed by atoms with E-state index in [-0.39, 0.29) is 10.9 Å². The number of aromatic hydroxyl groups is 1. The van der Waals surface area contributed by atoms with Crippen molar-refractivity contribution >= 4 is 11.6 Å². The molecule has 0 bridgehead atoms. The standard InChI is InChI=1S/C10H11ClN2O/c1-12-7-3-2-4-8-5-6-9(14)10(11)13-8/h5-6,12,14H,3,7H2,1H3. The third kappa shape index (κ3) is 3.25. The Bertz CT molecular complexity index is 368. The quantitative estimate of drug-likeness (QED) is 0.441. The molecule has 0 spiro atoms. The maximum atomic E-state index is 9.10. The van der Waals surface area contributed by atoms with E-state index in [1.807, 2.05) is 7.05 Å². The third-order valence-corrected chi connectivity index (χ3v) is 1.82. The zero-order valence-electron chi connectivity index (χ0n) is 7.84. The summed E-state index contributed by atoms with van der Waals surface area (Å²) in [6, 6.07) is 3.12. The number of rotatable bonds is 2. The summed E-state index contributed by atoms with van der Waals surface area (Å²) in [5.74, 6) is 5.76. The molecule has 3 nitrogen and oxygen atoms in total. The summed E-state index contributed by atoms with van der Waals surface area (Å²) in [4.78, 5) is 3.89. The molecule has 1 aromatic heterocycles. The van der Waals surface area contributed by atoms with Crippen molar-refractivity contribution in [1.82, 2.24) is 10.3 Å². The molecule has 0 radical (unpaired) electrons. The van der Waals surface area contributed by atoms with Crippen molar-refractivity contribution in [1.29, 1.82) is 0 Å². The number of pyridine rings is 1. The maximum Gasteiger partial charge on any atom is 0.172 e. The van der Waals surface area contributed by atoms with Crippen LogP contribution < -0.4 is 5.32 Å². The predicted molar refractivity (Wildman–Crippen MR) is 56.3 cm³/mol. The molecular weight excluding hydrogens is 200 g/mol. The number of hydrogen-bond donors (Lipinski definition) is 2. The molecular formula is C10H11ClN2O. The number of aromatic nitrogens is 1. The summed E-state index contributed by atoms with van der Waals surface area (Å²) < 4.78 is 0. The van der Waals surface area contributed by atoms with Crippen LogP contribution in [-0.4, -0.2) is 23.7 Å². The van der Waals surface area contributed by atoms with Gasteiger partial charge < -0.3 is 10.4 Å². The lowest BCUT2D eigenvalue weighted by Gasteiger charge is -1.94. The van der Waals surface area contributed by atoms with E-state index < -0.39 is 0 Å². The molecule has 1 rings (SSSR count). The van der Waals surface area contributed by atoms with Crippen molar-refractivity contribution in [2.75, 3.05) is 13.6 Å². The smallest absolute Gasteiger partial charge is 0.172 e. The highest BCUT2D eigenvalue weighted by molar-refractivity contribution is 6.30. The summed E-state index contributed by atoms with van der Waals surface area (Å²) in [5, 5.41) is 12.2. The molecule has 1 heterocycles. The van der Waals surface area contributed by atoms with Crippen LogP contribution >= 0.6 is 11.6 Å². The minimum atomic E-state index is -0.0209. The van der Waals surface area contributed by atoms with Crippen LogP contribution in [0.25, 0.3) is 0 Å². The molecule has 0 aromatic carbocycles. The Hall–Kier alpha value is -1.24. The topological polar surface area (TPSA) is 45.1 Å². The van der Waals surface area contributed by atoms with Crippen molar-refractivity contribution < 1.29 is 5.11 Å². The van der Waals surface area contributed by atoms with Crippen molar-refractivity contribution in [3.8, 4) is 17.6 Å². The monoisotopic (exact) mass is 210 g/mol. The molecule has 2 N–H and O–H groups in total. The average Bonchev–Trinajstić information content (AvgIpc) is 2.18. The number of halogens is 1. The van der Waals surface area contributed by atoms with Gasteiger partial charge in [-0.2, -0.15) is 0 Å². The van der Waals surface area contributed by atoms with Gasteiger partial charge in [0.2, 0.25) is 0 Å². The minimum absolute atomic E-state index is 0.0209. The lowest BCUT2D eigenvalue weighted by Crippen LogP contribution is -2.05. The molecule has 0 atom stereocenters. The highest BCUT2D eigenvalue weighted by Gasteiger charge is 1.98. The van der Waals surface area contributed by atoms with Crippen molar-refractivity contribution in [3.05, 3.63) is 23.0 Å². The largest absolute Gasteiger partial charge is 0.505 e. The summed E-state index contributed by atoms with van der Waals surface area (Å²) in [6.45, 7) is 0.846. The molecule has 4 heteroatoms. The van der Waals surface area contributed by atoms with Gasteiger partial charge in [0.25, 0.3) is 0 Å². The Labute approximate surface area is 88.1 Å². The number of nitrogens with one attached hydrogen (secondary N) is 1. The average molecular weight is 211 g/mol. The van der Waals surface area contributed by atoms with Crippen molar-refractivity contribution in [2.24, 2.45) is 0 Å². The molecule has 0 saturated carbocycles. The van der Waals surface area contributed by atoms with E-state index in [0.29, 0.717) is 5.69 Å². The van der Waals surface area contributed by atoms with Crippen molar-refractivity contribution in [3.63, 3.8) is 0 Å². The Balaban J connectivity index is 2.66. The van der Waals surface area contributed by atoms with Gasteiger partial charge in [-0.1, -0.05) is 17.5 Å². The first-order valence-corrected chi connectivity index (χ1v) is 4.61. The van der Waals surface area contributed by atoms with E-state index in [1.54, 1.807) is 6.07 Å². The summed E-state index contributed by atoms with van der Waals surface area (Å²) in [7, 11) is 1.87. The van der Waals surface area contributed by atoms with Crippen LogP contribution in [0.1, 0.15) is 12.1 Å². The first-order chi connectivity index (χ1) is 6.74. The molecule has 74 valence electrons. The number of hydrogen-bond acceptors (Lipinski definition) is 3. The molecule has 0 aliphatic carbocycles. The van der Waals surface area contributed by atoms with Gasteiger partial charge in [0.1, 0.15) is 5.69 Å². The Kier molecular flexibility index (Phi) is 4.24. The molecule has 0 saturated heterocycles. The van der Waals surface area contributed by atoms with Gasteiger partial charge >= 0.3 is 0 Å². The summed E-state index contributed by atoms with van der Waals surface area (Å²) in [5.41, 5.74) is 0.573. The maximum absolute atomic E-state index is 9.10. The third-order valence-electron chi connectivity index (χ3n) is 1.55. The van der Waals surface area contributed by atoms with Crippen LogP contribution in [0.5, 0.6) is 5.75 Å². The number of nitrogens with zero attached hydrogens (tertiary/aromatic N) is 1. The molecule has 0 aliphatic heterocycles. The van der Waals surface area contributed by atoms with E-state index in [4.69, 9.17) is 16.7 Å². The molecule has 0 fully saturated rings. The van der Waals surface area contributed by atoms with Crippen LogP contribution in [0.4, 0.5) is 0 Å². The second kappa shape index (κ2) is 5.48. The molecule has 14 heavy (non-hydrogen) atoms. The first-order valence-electron chi connectivity index (χ1n) is 4.23. The highest BCUT2D eigenvalue weighted by Crippen LogP contribution is 2.19. The van der Waals surface area contributed by atoms with Crippen LogP contribution in [-0.2, 0) is 0 Å². The van der Waals surface area contributed by atoms with Gasteiger partial charge in [0.15, 0.2) is 10.9 Å². The van der Waals surface area contributed by atoms with Gasteiger partial charge in [0.05, 0.1) is 0 Å². The van der Waals surface area contributed by atoms with Crippen LogP contribution in [0, 0.1) is 11.8 Å². The van der Waals surface area contributed by atoms with Crippen LogP contribution in [0.3, 0.4) is 0 Å². The normalized spacial score (nSPS) is 9.29. The van der Waals surface area contributed by atoms with E-state index >= 15 is 0 Å². The first kappa shape index (κ1) is 10.8. The zero-order valence-corrected chi connectivity index (χ0v) is 8.60. The second-order valence-corrected chi connectivity index (χ2v) is 3.02. The van der Waals surface area contributed by atoms with E-state index in [1.165, 1.54) is 6.07 Å². The molecule has 0 aliphatic rings. The molecule has 1 aromatic rings. The zero-order chi connectivity index (χ0) is 10.4. The Morgan fingerprint density at radius 1 is 1.57 bits per heavy atom. The fraction of sp³-hybridized carbons (Fsp3) is 0.300. The Morgan fingerprint density at radius 3 is 3.00 bits per heavy atom. The lowest BCUT2D eigenvalue weighted by atomic mass is 10.3. The highest BCUT2D eigenvalue weighted by atomic mass is 35.5. The van der Waals surface area contributed by atoms with Gasteiger partial charge in [-0.3, -0.25) is 0 Å². The van der Waals surface area contributed by atoms with Crippen LogP contribution in [0.15, 0.2) is 12.1 Å². The predicted octanol–water partition coefficient (Wildman–Crippen LogP) is 1.40. The van der Waals surface area contributed by atoms with Gasteiger partial charge in [-0.05, 0) is 25.1 Å².